The number of fused-ring (bicyclic) bond motifs is 3. The van der Waals surface area contributed by atoms with Crippen molar-refractivity contribution in [3.63, 3.8) is 0 Å². The highest BCUT2D eigenvalue weighted by atomic mass is 16.6. The second kappa shape index (κ2) is 47.0. The molecule has 32 heteroatoms. The third-order valence-electron chi connectivity index (χ3n) is 18.8. The van der Waals surface area contributed by atoms with Gasteiger partial charge in [0.05, 0.1) is 149 Å². The average molecular weight is 1590 g/mol. The minimum absolute atomic E-state index is 0.00664. The number of hydrogen-bond acceptors (Lipinski definition) is 25. The fourth-order valence-electron chi connectivity index (χ4n) is 12.3. The molecule has 4 aliphatic rings. The second-order valence-corrected chi connectivity index (χ2v) is 27.8. The first-order chi connectivity index (χ1) is 55.1. The average Bonchev–Trinajstić information content (AvgIpc) is 1.60. The number of aliphatic imine (C=N–C) groups is 2. The van der Waals surface area contributed by atoms with Crippen LogP contribution in [0.5, 0.6) is 23.0 Å². The van der Waals surface area contributed by atoms with Crippen LogP contribution in [0.4, 0.5) is 27.5 Å². The Morgan fingerprint density at radius 2 is 1.25 bits per heavy atom. The molecule has 32 nitrogen and oxygen atoms in total. The molecule has 1 unspecified atom stereocenters. The topological polar surface area (TPSA) is 368 Å². The molecule has 0 spiro atoms. The molecule has 0 saturated carbocycles. The zero-order valence-electron chi connectivity index (χ0n) is 66.8. The Morgan fingerprint density at radius 1 is 0.667 bits per heavy atom. The van der Waals surface area contributed by atoms with E-state index in [2.05, 4.69) is 32.7 Å². The number of nitrogens with zero attached hydrogens (tertiary/aromatic N) is 5. The SMILES string of the molecule is C/C=C1\CN2C(=O)c3cc(OC)c(OCCCOc4cc(N=CC5Cc6ccc(N(C)C(=O)OCc7ccc(NC(=O)[C@H](C)NC(=O)[C@@H](NC(=O)CCOCCOCCOCCOCCOCCOCCOCCOCCCNC(=O)CCN8C(=O)C=CC8=O)C(C)C)cc7)cc6CN5)c(C(C)=O)cc4OC)cc3N=C[C@]2(C)C1. The lowest BCUT2D eigenvalue weighted by Gasteiger charge is -2.29. The largest absolute Gasteiger partial charge is 0.493 e. The highest BCUT2D eigenvalue weighted by Crippen LogP contribution is 2.42. The van der Waals surface area contributed by atoms with Crippen LogP contribution in [-0.4, -0.2) is 259 Å². The highest BCUT2D eigenvalue weighted by Gasteiger charge is 2.43. The summed E-state index contributed by atoms with van der Waals surface area (Å²) in [5.74, 6) is -1.39. The van der Waals surface area contributed by atoms with E-state index in [4.69, 9.17) is 71.6 Å². The summed E-state index contributed by atoms with van der Waals surface area (Å²) in [6.45, 7) is 18.4. The maximum Gasteiger partial charge on any atom is 0.414 e. The Morgan fingerprint density at radius 3 is 1.84 bits per heavy atom. The number of Topliss-reactive ketones (excluding diaryl/α,β-unsaturated/α-hetero) is 1. The van der Waals surface area contributed by atoms with Crippen molar-refractivity contribution in [1.82, 2.24) is 31.1 Å². The predicted molar refractivity (Wildman–Crippen MR) is 424 cm³/mol. The van der Waals surface area contributed by atoms with Crippen LogP contribution in [0.25, 0.3) is 0 Å². The Balaban J connectivity index is 0.625. The quantitative estimate of drug-likeness (QED) is 0.00963. The molecule has 4 atom stereocenters. The van der Waals surface area contributed by atoms with Gasteiger partial charge in [0.1, 0.15) is 18.7 Å². The first kappa shape index (κ1) is 89.5. The molecule has 4 heterocycles. The summed E-state index contributed by atoms with van der Waals surface area (Å²) in [5.41, 5.74) is 6.20. The van der Waals surface area contributed by atoms with E-state index in [1.54, 1.807) is 82.6 Å². The number of carbonyl (C=O) groups excluding carboxylic acids is 9. The molecule has 620 valence electrons. The van der Waals surface area contributed by atoms with Crippen molar-refractivity contribution in [3.05, 3.63) is 118 Å². The molecule has 1 fully saturated rings. The number of amides is 8. The number of ether oxygens (including phenoxy) is 13. The van der Waals surface area contributed by atoms with Gasteiger partial charge in [-0.1, -0.05) is 43.7 Å². The van der Waals surface area contributed by atoms with Gasteiger partial charge in [0.15, 0.2) is 28.8 Å². The summed E-state index contributed by atoms with van der Waals surface area (Å²) in [5, 5.41) is 14.5. The second-order valence-electron chi connectivity index (χ2n) is 27.8. The molecule has 8 rings (SSSR count). The van der Waals surface area contributed by atoms with Gasteiger partial charge in [0.25, 0.3) is 17.7 Å². The summed E-state index contributed by atoms with van der Waals surface area (Å²) in [6.07, 6.45) is 9.92. The van der Waals surface area contributed by atoms with Crippen molar-refractivity contribution in [2.24, 2.45) is 15.9 Å². The molecule has 0 radical (unpaired) electrons. The molecule has 0 bridgehead atoms. The zero-order chi connectivity index (χ0) is 81.8. The molecule has 4 aromatic carbocycles. The molecule has 5 N–H and O–H groups in total. The molecular formula is C82H110N10O22. The molecule has 1 saturated heterocycles. The van der Waals surface area contributed by atoms with Crippen LogP contribution in [0, 0.1) is 5.92 Å². The molecule has 0 aliphatic carbocycles. The van der Waals surface area contributed by atoms with Crippen LogP contribution in [0.2, 0.25) is 0 Å². The fourth-order valence-corrected chi connectivity index (χ4v) is 12.3. The van der Waals surface area contributed by atoms with Crippen LogP contribution < -0.4 is 50.4 Å². The minimum Gasteiger partial charge on any atom is -0.493 e. The standard InChI is InChI=1S/C82H110N10O22/c1-10-58-49-82(6)54-86-68-48-72(70(103-9)46-66(68)80(100)92(82)52-58)113-27-12-26-112-71-47-67(65(57(5)93)45-69(71)102-8)85-51-63-43-60-15-18-64(44-61(60)50-84-63)90(7)81(101)114-53-59-13-16-62(17-14-59)88-78(98)56(4)87-79(99)77(55(2)3)89-74(95)22-28-105-30-32-107-34-36-109-38-40-111-42-41-110-39-37-108-35-33-106-31-29-104-25-11-23-83-73(94)21-24-91-75(96)19-20-76(91)97/h10,13-20,44-48,51,54-56,63,77,84H,11-12,21-43,49-50,52-53H2,1-9H3,(H,83,94)(H,87,99)(H,88,98)(H,89,95)/b58-10-,85-51?/t56-,63?,77-,82-/m0/s1. The van der Waals surface area contributed by atoms with Crippen molar-refractivity contribution in [1.29, 1.82) is 0 Å². The van der Waals surface area contributed by atoms with Gasteiger partial charge in [-0.05, 0) is 106 Å². The monoisotopic (exact) mass is 1590 g/mol. The van der Waals surface area contributed by atoms with Crippen molar-refractivity contribution < 1.29 is 105 Å². The molecule has 114 heavy (non-hydrogen) atoms. The molecule has 8 amide bonds. The number of imide groups is 1. The van der Waals surface area contributed by atoms with E-state index in [-0.39, 0.29) is 87.9 Å². The van der Waals surface area contributed by atoms with E-state index in [1.165, 1.54) is 43.8 Å². The van der Waals surface area contributed by atoms with Gasteiger partial charge >= 0.3 is 6.09 Å². The summed E-state index contributed by atoms with van der Waals surface area (Å²) < 4.78 is 73.5. The predicted octanol–water partition coefficient (Wildman–Crippen LogP) is 7.14. The summed E-state index contributed by atoms with van der Waals surface area (Å²) in [7, 11) is 4.67. The van der Waals surface area contributed by atoms with Crippen molar-refractivity contribution in [2.45, 2.75) is 117 Å². The summed E-state index contributed by atoms with van der Waals surface area (Å²) in [6, 6.07) is 17.2. The number of anilines is 2. The van der Waals surface area contributed by atoms with E-state index >= 15 is 0 Å². The Labute approximate surface area is 665 Å². The van der Waals surface area contributed by atoms with Crippen LogP contribution >= 0.6 is 0 Å². The third kappa shape index (κ3) is 28.2. The van der Waals surface area contributed by atoms with E-state index in [0.29, 0.717) is 194 Å². The lowest BCUT2D eigenvalue weighted by Crippen LogP contribution is -2.53. The molecule has 4 aromatic rings. The smallest absolute Gasteiger partial charge is 0.414 e. The van der Waals surface area contributed by atoms with Crippen LogP contribution in [0.3, 0.4) is 0 Å². The lowest BCUT2D eigenvalue weighted by molar-refractivity contribution is -0.137. The highest BCUT2D eigenvalue weighted by molar-refractivity contribution is 6.13. The number of carbonyl (C=O) groups is 9. The van der Waals surface area contributed by atoms with Crippen LogP contribution in [0.15, 0.2) is 101 Å². The van der Waals surface area contributed by atoms with Gasteiger partial charge in [-0.3, -0.25) is 58.1 Å². The zero-order valence-corrected chi connectivity index (χ0v) is 66.8. The van der Waals surface area contributed by atoms with Crippen molar-refractivity contribution in [2.75, 3.05) is 170 Å². The molecular weight excluding hydrogens is 1480 g/mol. The lowest BCUT2D eigenvalue weighted by atomic mass is 9.95. The number of benzene rings is 4. The Hall–Kier alpha value is -10.0. The van der Waals surface area contributed by atoms with Gasteiger partial charge in [-0.15, -0.1) is 0 Å². The normalized spacial score (nSPS) is 16.5. The number of methoxy groups -OCH3 is 2. The third-order valence-corrected chi connectivity index (χ3v) is 18.8. The first-order valence-corrected chi connectivity index (χ1v) is 38.5. The maximum atomic E-state index is 13.8. The fraction of sp³-hybridized carbons (Fsp3) is 0.524. The first-order valence-electron chi connectivity index (χ1n) is 38.5. The number of ketones is 1. The van der Waals surface area contributed by atoms with Crippen LogP contribution in [0.1, 0.15) is 111 Å². The summed E-state index contributed by atoms with van der Waals surface area (Å²) in [4.78, 5) is 128. The Kier molecular flexibility index (Phi) is 36.9. The van der Waals surface area contributed by atoms with Gasteiger partial charge < -0.3 is 93.1 Å². The number of nitrogens with one attached hydrogen (secondary N) is 5. The van der Waals surface area contributed by atoms with Crippen LogP contribution in [-0.2, 0) is 91.0 Å². The van der Waals surface area contributed by atoms with E-state index in [1.807, 2.05) is 43.2 Å². The number of rotatable bonds is 51. The Bertz CT molecular complexity index is 4000. The summed E-state index contributed by atoms with van der Waals surface area (Å²) >= 11 is 0. The van der Waals surface area contributed by atoms with Gasteiger partial charge in [-0.2, -0.15) is 0 Å². The maximum absolute atomic E-state index is 13.8. The number of hydrogen-bond donors (Lipinski definition) is 5. The van der Waals surface area contributed by atoms with E-state index in [0.717, 1.165) is 22.4 Å². The molecule has 4 aliphatic heterocycles. The van der Waals surface area contributed by atoms with Crippen molar-refractivity contribution >= 4 is 88.4 Å². The van der Waals surface area contributed by atoms with Gasteiger partial charge in [0.2, 0.25) is 23.6 Å². The van der Waals surface area contributed by atoms with E-state index in [9.17, 15) is 43.2 Å². The van der Waals surface area contributed by atoms with Gasteiger partial charge in [-0.25, -0.2) is 4.79 Å². The van der Waals surface area contributed by atoms with Crippen molar-refractivity contribution in [3.8, 4) is 23.0 Å². The number of allylic oxidation sites excluding steroid dienone is 1. The minimum atomic E-state index is -0.954. The van der Waals surface area contributed by atoms with E-state index < -0.39 is 47.3 Å². The van der Waals surface area contributed by atoms with Gasteiger partial charge in [0, 0.05) is 119 Å². The molecule has 0 aromatic heterocycles.